The van der Waals surface area contributed by atoms with E-state index in [2.05, 4.69) is 13.8 Å². The van der Waals surface area contributed by atoms with Crippen molar-refractivity contribution in [1.82, 2.24) is 0 Å². The van der Waals surface area contributed by atoms with E-state index < -0.39 is 0 Å². The highest BCUT2D eigenvalue weighted by molar-refractivity contribution is 5.85. The molecule has 74 valence electrons. The Hall–Kier alpha value is -0.890. The molecule has 0 aliphatic rings. The highest BCUT2D eigenvalue weighted by Crippen LogP contribution is 2.21. The molecule has 0 aliphatic heterocycles. The van der Waals surface area contributed by atoms with Crippen molar-refractivity contribution in [2.45, 2.75) is 20.3 Å². The summed E-state index contributed by atoms with van der Waals surface area (Å²) in [5.74, 6) is 0.620. The van der Waals surface area contributed by atoms with Crippen LogP contribution in [-0.4, -0.2) is 0 Å². The van der Waals surface area contributed by atoms with Crippen LogP contribution in [0.1, 0.15) is 19.4 Å². The van der Waals surface area contributed by atoms with E-state index in [0.29, 0.717) is 11.6 Å². The zero-order chi connectivity index (χ0) is 9.14. The van der Waals surface area contributed by atoms with E-state index in [1.54, 1.807) is 0 Å². The lowest BCUT2D eigenvalue weighted by molar-refractivity contribution is 0.648. The Morgan fingerprint density at radius 1 is 1.23 bits per heavy atom. The van der Waals surface area contributed by atoms with Gasteiger partial charge in [0, 0.05) is 0 Å². The number of anilines is 2. The molecule has 0 fully saturated rings. The highest BCUT2D eigenvalue weighted by atomic mass is 35.5. The van der Waals surface area contributed by atoms with Crippen LogP contribution in [0.25, 0.3) is 0 Å². The summed E-state index contributed by atoms with van der Waals surface area (Å²) >= 11 is 0. The van der Waals surface area contributed by atoms with Gasteiger partial charge in [-0.05, 0) is 24.0 Å². The summed E-state index contributed by atoms with van der Waals surface area (Å²) in [6, 6.07) is 5.81. The van der Waals surface area contributed by atoms with E-state index in [1.807, 2.05) is 18.2 Å². The molecule has 0 aliphatic carbocycles. The van der Waals surface area contributed by atoms with Gasteiger partial charge in [0.2, 0.25) is 0 Å². The molecule has 0 bridgehead atoms. The number of benzene rings is 1. The molecule has 4 N–H and O–H groups in total. The highest BCUT2D eigenvalue weighted by Gasteiger charge is 2.03. The van der Waals surface area contributed by atoms with Crippen molar-refractivity contribution in [3.8, 4) is 0 Å². The van der Waals surface area contributed by atoms with E-state index in [1.165, 1.54) is 0 Å². The molecular weight excluding hydrogens is 184 g/mol. The second-order valence-electron chi connectivity index (χ2n) is 3.52. The SMILES string of the molecule is CC(C)Cc1cccc(N)c1N.Cl. The summed E-state index contributed by atoms with van der Waals surface area (Å²) in [6.07, 6.45) is 0.997. The lowest BCUT2D eigenvalue weighted by atomic mass is 10.0. The van der Waals surface area contributed by atoms with Gasteiger partial charge in [0.05, 0.1) is 11.4 Å². The van der Waals surface area contributed by atoms with Crippen LogP contribution in [0, 0.1) is 5.92 Å². The van der Waals surface area contributed by atoms with Gasteiger partial charge in [-0.1, -0.05) is 26.0 Å². The molecule has 1 rings (SSSR count). The first kappa shape index (κ1) is 12.1. The zero-order valence-corrected chi connectivity index (χ0v) is 8.90. The fraction of sp³-hybridized carbons (Fsp3) is 0.400. The van der Waals surface area contributed by atoms with Crippen LogP contribution >= 0.6 is 12.4 Å². The molecule has 0 radical (unpaired) electrons. The normalized spacial score (nSPS) is 9.77. The van der Waals surface area contributed by atoms with Crippen LogP contribution < -0.4 is 11.5 Å². The fourth-order valence-electron chi connectivity index (χ4n) is 1.25. The number of hydrogen-bond acceptors (Lipinski definition) is 2. The van der Waals surface area contributed by atoms with Crippen LogP contribution in [0.3, 0.4) is 0 Å². The third-order valence-corrected chi connectivity index (χ3v) is 1.86. The molecule has 0 heterocycles. The maximum Gasteiger partial charge on any atom is 0.0580 e. The van der Waals surface area contributed by atoms with Gasteiger partial charge in [-0.25, -0.2) is 0 Å². The lowest BCUT2D eigenvalue weighted by Gasteiger charge is -2.09. The predicted molar refractivity (Wildman–Crippen MR) is 61.1 cm³/mol. The first-order valence-electron chi connectivity index (χ1n) is 4.24. The van der Waals surface area contributed by atoms with Gasteiger partial charge in [0.1, 0.15) is 0 Å². The standard InChI is InChI=1S/C10H16N2.ClH/c1-7(2)6-8-4-3-5-9(11)10(8)12;/h3-5,7H,6,11-12H2,1-2H3;1H. The lowest BCUT2D eigenvalue weighted by Crippen LogP contribution is -2.02. The van der Waals surface area contributed by atoms with Crippen molar-refractivity contribution in [2.24, 2.45) is 5.92 Å². The first-order chi connectivity index (χ1) is 5.61. The summed E-state index contributed by atoms with van der Waals surface area (Å²) in [5, 5.41) is 0. The van der Waals surface area contributed by atoms with E-state index in [0.717, 1.165) is 17.7 Å². The molecule has 0 atom stereocenters. The summed E-state index contributed by atoms with van der Waals surface area (Å²) in [7, 11) is 0. The van der Waals surface area contributed by atoms with Gasteiger partial charge in [-0.15, -0.1) is 12.4 Å². The van der Waals surface area contributed by atoms with Crippen LogP contribution in [0.5, 0.6) is 0 Å². The van der Waals surface area contributed by atoms with E-state index >= 15 is 0 Å². The number of nitrogens with two attached hydrogens (primary N) is 2. The number of hydrogen-bond donors (Lipinski definition) is 2. The van der Waals surface area contributed by atoms with E-state index in [4.69, 9.17) is 11.5 Å². The average molecular weight is 201 g/mol. The molecule has 0 saturated carbocycles. The smallest absolute Gasteiger partial charge is 0.0580 e. The summed E-state index contributed by atoms with van der Waals surface area (Å²) in [6.45, 7) is 4.34. The topological polar surface area (TPSA) is 52.0 Å². The van der Waals surface area contributed by atoms with Gasteiger partial charge in [0.15, 0.2) is 0 Å². The quantitative estimate of drug-likeness (QED) is 0.721. The monoisotopic (exact) mass is 200 g/mol. The third kappa shape index (κ3) is 3.15. The minimum Gasteiger partial charge on any atom is -0.397 e. The van der Waals surface area contributed by atoms with Crippen LogP contribution in [0.15, 0.2) is 18.2 Å². The molecule has 13 heavy (non-hydrogen) atoms. The predicted octanol–water partition coefficient (Wildman–Crippen LogP) is 2.47. The Balaban J connectivity index is 0.00000144. The molecule has 2 nitrogen and oxygen atoms in total. The van der Waals surface area contributed by atoms with Gasteiger partial charge in [-0.3, -0.25) is 0 Å². The van der Waals surface area contributed by atoms with Crippen LogP contribution in [-0.2, 0) is 6.42 Å². The van der Waals surface area contributed by atoms with Crippen molar-refractivity contribution in [3.05, 3.63) is 23.8 Å². The summed E-state index contributed by atoms with van der Waals surface area (Å²) < 4.78 is 0. The van der Waals surface area contributed by atoms with Gasteiger partial charge < -0.3 is 11.5 Å². The Morgan fingerprint density at radius 3 is 2.38 bits per heavy atom. The van der Waals surface area contributed by atoms with Crippen LogP contribution in [0.2, 0.25) is 0 Å². The van der Waals surface area contributed by atoms with Gasteiger partial charge in [-0.2, -0.15) is 0 Å². The van der Waals surface area contributed by atoms with E-state index in [-0.39, 0.29) is 12.4 Å². The molecule has 1 aromatic rings. The number of rotatable bonds is 2. The summed E-state index contributed by atoms with van der Waals surface area (Å²) in [5.41, 5.74) is 14.1. The second kappa shape index (κ2) is 4.97. The molecular formula is C10H17ClN2. The Morgan fingerprint density at radius 2 is 1.85 bits per heavy atom. The Labute approximate surface area is 85.7 Å². The molecule has 3 heteroatoms. The minimum atomic E-state index is 0. The number of halogens is 1. The van der Waals surface area contributed by atoms with Crippen molar-refractivity contribution in [2.75, 3.05) is 11.5 Å². The Bertz CT molecular complexity index is 272. The fourth-order valence-corrected chi connectivity index (χ4v) is 1.25. The second-order valence-corrected chi connectivity index (χ2v) is 3.52. The molecule has 1 aromatic carbocycles. The Kier molecular flexibility index (Phi) is 4.63. The van der Waals surface area contributed by atoms with E-state index in [9.17, 15) is 0 Å². The zero-order valence-electron chi connectivity index (χ0n) is 8.08. The number of nitrogen functional groups attached to an aromatic ring is 2. The minimum absolute atomic E-state index is 0. The van der Waals surface area contributed by atoms with Crippen molar-refractivity contribution in [3.63, 3.8) is 0 Å². The van der Waals surface area contributed by atoms with Crippen molar-refractivity contribution >= 4 is 23.8 Å². The first-order valence-corrected chi connectivity index (χ1v) is 4.24. The molecule has 0 saturated heterocycles. The van der Waals surface area contributed by atoms with Crippen molar-refractivity contribution < 1.29 is 0 Å². The largest absolute Gasteiger partial charge is 0.397 e. The van der Waals surface area contributed by atoms with Gasteiger partial charge >= 0.3 is 0 Å². The molecule has 0 unspecified atom stereocenters. The maximum atomic E-state index is 5.81. The molecule has 0 aromatic heterocycles. The average Bonchev–Trinajstić information content (AvgIpc) is 1.98. The molecule has 0 spiro atoms. The summed E-state index contributed by atoms with van der Waals surface area (Å²) in [4.78, 5) is 0. The molecule has 0 amide bonds. The van der Waals surface area contributed by atoms with Crippen LogP contribution in [0.4, 0.5) is 11.4 Å². The third-order valence-electron chi connectivity index (χ3n) is 1.86. The van der Waals surface area contributed by atoms with Gasteiger partial charge in [0.25, 0.3) is 0 Å². The maximum absolute atomic E-state index is 5.81. The number of para-hydroxylation sites is 1. The van der Waals surface area contributed by atoms with Crippen molar-refractivity contribution in [1.29, 1.82) is 0 Å².